The van der Waals surface area contributed by atoms with Gasteiger partial charge in [-0.15, -0.1) is 0 Å². The molecule has 202 valence electrons. The van der Waals surface area contributed by atoms with E-state index in [1.807, 2.05) is 121 Å². The molecule has 1 N–H and O–H groups in total. The van der Waals surface area contributed by atoms with E-state index in [1.54, 1.807) is 0 Å². The van der Waals surface area contributed by atoms with Gasteiger partial charge in [-0.1, -0.05) is 121 Å². The second kappa shape index (κ2) is 12.6. The lowest BCUT2D eigenvalue weighted by Crippen LogP contribution is -2.50. The van der Waals surface area contributed by atoms with Gasteiger partial charge in [0.25, 0.3) is 0 Å². The van der Waals surface area contributed by atoms with Crippen LogP contribution in [-0.4, -0.2) is 22.5 Å². The van der Waals surface area contributed by atoms with Crippen LogP contribution in [0.1, 0.15) is 47.4 Å². The number of carbonyl (C=O) groups excluding carboxylic acids is 2. The van der Waals surface area contributed by atoms with Crippen LogP contribution < -0.4 is 0 Å². The topological polar surface area (TPSA) is 63.6 Å². The number of hydrogen-bond donors (Lipinski definition) is 1. The average molecular weight is 531 g/mol. The highest BCUT2D eigenvalue weighted by molar-refractivity contribution is 6.11. The molecular formula is C36H34O4. The predicted octanol–water partition coefficient (Wildman–Crippen LogP) is 7.35. The van der Waals surface area contributed by atoms with Gasteiger partial charge >= 0.3 is 5.97 Å². The monoisotopic (exact) mass is 530 g/mol. The van der Waals surface area contributed by atoms with E-state index < -0.39 is 29.0 Å². The first-order chi connectivity index (χ1) is 19.6. The maximum Gasteiger partial charge on any atom is 0.339 e. The molecule has 4 heteroatoms. The Kier molecular flexibility index (Phi) is 8.56. The van der Waals surface area contributed by atoms with Gasteiger partial charge in [0.2, 0.25) is 5.78 Å². The molecule has 1 aliphatic rings. The van der Waals surface area contributed by atoms with Crippen LogP contribution in [0.4, 0.5) is 0 Å². The summed E-state index contributed by atoms with van der Waals surface area (Å²) in [5.74, 6) is -2.05. The van der Waals surface area contributed by atoms with Crippen molar-refractivity contribution in [1.82, 2.24) is 0 Å². The summed E-state index contributed by atoms with van der Waals surface area (Å²) in [5.41, 5.74) is 2.71. The highest BCUT2D eigenvalue weighted by Gasteiger charge is 2.50. The van der Waals surface area contributed by atoms with E-state index in [4.69, 9.17) is 4.74 Å². The van der Waals surface area contributed by atoms with Crippen LogP contribution in [0.2, 0.25) is 0 Å². The summed E-state index contributed by atoms with van der Waals surface area (Å²) < 4.78 is 6.16. The molecule has 0 amide bonds. The summed E-state index contributed by atoms with van der Waals surface area (Å²) in [6.07, 6.45) is 2.93. The molecule has 40 heavy (non-hydrogen) atoms. The smallest absolute Gasteiger partial charge is 0.339 e. The molecule has 4 aromatic carbocycles. The Morgan fingerprint density at radius 2 is 1.02 bits per heavy atom. The van der Waals surface area contributed by atoms with E-state index in [9.17, 15) is 14.7 Å². The lowest BCUT2D eigenvalue weighted by Gasteiger charge is -2.37. The Morgan fingerprint density at radius 3 is 1.50 bits per heavy atom. The van der Waals surface area contributed by atoms with Gasteiger partial charge in [-0.05, 0) is 60.8 Å². The predicted molar refractivity (Wildman–Crippen MR) is 157 cm³/mol. The van der Waals surface area contributed by atoms with Crippen molar-refractivity contribution in [1.29, 1.82) is 0 Å². The zero-order valence-electron chi connectivity index (χ0n) is 22.5. The summed E-state index contributed by atoms with van der Waals surface area (Å²) >= 11 is 0. The van der Waals surface area contributed by atoms with Crippen LogP contribution in [0, 0.1) is 0 Å². The van der Waals surface area contributed by atoms with Crippen molar-refractivity contribution in [3.63, 3.8) is 0 Å². The van der Waals surface area contributed by atoms with Crippen molar-refractivity contribution in [2.75, 3.05) is 0 Å². The molecule has 0 bridgehead atoms. The first kappa shape index (κ1) is 27.1. The molecule has 0 saturated heterocycles. The van der Waals surface area contributed by atoms with E-state index in [2.05, 4.69) is 0 Å². The van der Waals surface area contributed by atoms with Crippen LogP contribution in [0.25, 0.3) is 0 Å². The van der Waals surface area contributed by atoms with Gasteiger partial charge in [-0.25, -0.2) is 4.79 Å². The Bertz CT molecular complexity index is 1400. The normalized spacial score (nSPS) is 15.5. The largest absolute Gasteiger partial charge is 0.504 e. The molecule has 1 unspecified atom stereocenters. The minimum Gasteiger partial charge on any atom is -0.504 e. The fraction of sp³-hybridized carbons (Fsp3) is 0.222. The summed E-state index contributed by atoms with van der Waals surface area (Å²) in [4.78, 5) is 27.9. The van der Waals surface area contributed by atoms with Crippen LogP contribution in [0.15, 0.2) is 133 Å². The molecule has 0 radical (unpaired) electrons. The summed E-state index contributed by atoms with van der Waals surface area (Å²) in [6.45, 7) is 0. The Morgan fingerprint density at radius 1 is 0.600 bits per heavy atom. The van der Waals surface area contributed by atoms with Crippen LogP contribution in [-0.2, 0) is 33.6 Å². The van der Waals surface area contributed by atoms with Gasteiger partial charge in [0.05, 0.1) is 5.57 Å². The first-order valence-corrected chi connectivity index (χ1v) is 13.9. The zero-order valence-corrected chi connectivity index (χ0v) is 22.5. The number of aryl methyl sites for hydroxylation is 3. The fourth-order valence-corrected chi connectivity index (χ4v) is 5.58. The summed E-state index contributed by atoms with van der Waals surface area (Å²) in [5, 5.41) is 11.5. The van der Waals surface area contributed by atoms with Gasteiger partial charge in [0.1, 0.15) is 0 Å². The molecule has 0 spiro atoms. The number of carbonyl (C=O) groups is 2. The number of benzene rings is 4. The third-order valence-corrected chi connectivity index (χ3v) is 7.83. The fourth-order valence-electron chi connectivity index (χ4n) is 5.58. The molecule has 0 aromatic heterocycles. The third kappa shape index (κ3) is 6.23. The van der Waals surface area contributed by atoms with Crippen molar-refractivity contribution >= 4 is 11.8 Å². The summed E-state index contributed by atoms with van der Waals surface area (Å²) in [6, 6.07) is 39.3. The van der Waals surface area contributed by atoms with Crippen molar-refractivity contribution < 1.29 is 19.4 Å². The minimum atomic E-state index is -1.43. The zero-order chi connectivity index (χ0) is 27.8. The molecule has 0 saturated carbocycles. The minimum absolute atomic E-state index is 0.0576. The first-order valence-electron chi connectivity index (χ1n) is 13.9. The van der Waals surface area contributed by atoms with E-state index in [-0.39, 0.29) is 5.57 Å². The van der Waals surface area contributed by atoms with Crippen LogP contribution in [0.5, 0.6) is 0 Å². The van der Waals surface area contributed by atoms with Crippen molar-refractivity contribution in [2.45, 2.75) is 50.0 Å². The number of ether oxygens (including phenoxy) is 1. The highest BCUT2D eigenvalue weighted by Crippen LogP contribution is 2.40. The van der Waals surface area contributed by atoms with Gasteiger partial charge in [0.15, 0.2) is 11.4 Å². The van der Waals surface area contributed by atoms with Crippen LogP contribution >= 0.6 is 0 Å². The second-order valence-corrected chi connectivity index (χ2v) is 10.4. The Labute approximate surface area is 236 Å². The highest BCUT2D eigenvalue weighted by atomic mass is 16.6. The number of esters is 1. The number of hydrogen-bond acceptors (Lipinski definition) is 4. The van der Waals surface area contributed by atoms with Gasteiger partial charge in [-0.3, -0.25) is 4.79 Å². The summed E-state index contributed by atoms with van der Waals surface area (Å²) in [7, 11) is 0. The standard InChI is InChI=1S/C36H34O4/c37-33-32(31(30-19-11-4-12-20-30)22-21-27-13-5-1-6-14-27)35(39)40-36(34(33)38,25-23-28-15-7-2-8-16-28)26-24-29-17-9-3-10-18-29/h1-20,31,37H,21-26H2. The Hall–Kier alpha value is -4.44. The molecule has 1 aliphatic heterocycles. The quantitative estimate of drug-likeness (QED) is 0.206. The van der Waals surface area contributed by atoms with Gasteiger partial charge in [-0.2, -0.15) is 0 Å². The maximum absolute atomic E-state index is 14.1. The molecule has 1 atom stereocenters. The maximum atomic E-state index is 14.1. The molecule has 4 aromatic rings. The number of Topliss-reactive ketones (excluding diaryl/α,β-unsaturated/α-hetero) is 1. The molecule has 0 fully saturated rings. The van der Waals surface area contributed by atoms with E-state index in [1.165, 1.54) is 0 Å². The molecular weight excluding hydrogens is 496 g/mol. The SMILES string of the molecule is O=C1OC(CCc2ccccc2)(CCc2ccccc2)C(=O)C(O)=C1C(CCc1ccccc1)c1ccccc1. The van der Waals surface area contributed by atoms with E-state index in [0.717, 1.165) is 22.3 Å². The van der Waals surface area contributed by atoms with Crippen molar-refractivity contribution in [3.05, 3.63) is 155 Å². The second-order valence-electron chi connectivity index (χ2n) is 10.4. The lowest BCUT2D eigenvalue weighted by molar-refractivity contribution is -0.169. The third-order valence-electron chi connectivity index (χ3n) is 7.83. The Balaban J connectivity index is 1.48. The average Bonchev–Trinajstić information content (AvgIpc) is 3.01. The lowest BCUT2D eigenvalue weighted by atomic mass is 9.78. The molecule has 5 rings (SSSR count). The molecule has 1 heterocycles. The van der Waals surface area contributed by atoms with Crippen LogP contribution in [0.3, 0.4) is 0 Å². The van der Waals surface area contributed by atoms with Crippen molar-refractivity contribution in [2.24, 2.45) is 0 Å². The van der Waals surface area contributed by atoms with E-state index >= 15 is 0 Å². The van der Waals surface area contributed by atoms with Gasteiger partial charge < -0.3 is 9.84 Å². The number of ketones is 1. The number of cyclic esters (lactones) is 1. The van der Waals surface area contributed by atoms with Crippen molar-refractivity contribution in [3.8, 4) is 0 Å². The molecule has 0 aliphatic carbocycles. The number of aliphatic hydroxyl groups is 1. The number of aliphatic hydroxyl groups excluding tert-OH is 1. The molecule has 4 nitrogen and oxygen atoms in total. The van der Waals surface area contributed by atoms with E-state index in [0.29, 0.717) is 38.5 Å². The number of rotatable bonds is 11. The van der Waals surface area contributed by atoms with Gasteiger partial charge in [0, 0.05) is 5.92 Å².